The first kappa shape index (κ1) is 14.9. The minimum atomic E-state index is 0.372. The maximum atomic E-state index is 9.20. The molecule has 0 unspecified atom stereocenters. The zero-order valence-electron chi connectivity index (χ0n) is 11.4. The highest BCUT2D eigenvalue weighted by Crippen LogP contribution is 2.15. The van der Waals surface area contributed by atoms with E-state index in [4.69, 9.17) is 4.74 Å². The highest BCUT2D eigenvalue weighted by Gasteiger charge is 2.09. The second-order valence-corrected chi connectivity index (χ2v) is 5.14. The Morgan fingerprint density at radius 1 is 1.12 bits per heavy atom. The highest BCUT2D eigenvalue weighted by atomic mass is 16.5. The third kappa shape index (κ3) is 7.02. The Morgan fingerprint density at radius 3 is 2.53 bits per heavy atom. The largest absolute Gasteiger partial charge is 0.396 e. The van der Waals surface area contributed by atoms with Gasteiger partial charge in [0.1, 0.15) is 0 Å². The molecule has 3 nitrogen and oxygen atoms in total. The molecule has 3 heteroatoms. The van der Waals surface area contributed by atoms with E-state index in [0.29, 0.717) is 12.5 Å². The first-order chi connectivity index (χ1) is 8.36. The van der Waals surface area contributed by atoms with Crippen LogP contribution < -0.4 is 0 Å². The average Bonchev–Trinajstić information content (AvgIpc) is 2.38. The molecular weight excluding hydrogens is 214 g/mol. The van der Waals surface area contributed by atoms with E-state index in [1.165, 1.54) is 45.1 Å². The van der Waals surface area contributed by atoms with Gasteiger partial charge in [0.15, 0.2) is 0 Å². The Balaban J connectivity index is 1.92. The van der Waals surface area contributed by atoms with Crippen molar-refractivity contribution in [2.75, 3.05) is 39.5 Å². The Kier molecular flexibility index (Phi) is 8.67. The summed E-state index contributed by atoms with van der Waals surface area (Å²) in [6.45, 7) is 7.82. The molecule has 1 rings (SSSR count). The number of aliphatic hydroxyl groups excluding tert-OH is 1. The van der Waals surface area contributed by atoms with Crippen molar-refractivity contribution >= 4 is 0 Å². The quantitative estimate of drug-likeness (QED) is 0.631. The molecule has 0 radical (unpaired) electrons. The second-order valence-electron chi connectivity index (χ2n) is 5.14. The lowest BCUT2D eigenvalue weighted by molar-refractivity contribution is 0.0370. The van der Waals surface area contributed by atoms with Gasteiger partial charge in [0.05, 0.1) is 13.2 Å². The summed E-state index contributed by atoms with van der Waals surface area (Å²) in [5.74, 6) is 0.545. The third-order valence-electron chi connectivity index (χ3n) is 3.65. The van der Waals surface area contributed by atoms with Gasteiger partial charge in [0.25, 0.3) is 0 Å². The van der Waals surface area contributed by atoms with Crippen LogP contribution in [0.3, 0.4) is 0 Å². The van der Waals surface area contributed by atoms with Crippen molar-refractivity contribution in [1.29, 1.82) is 0 Å². The lowest BCUT2D eigenvalue weighted by Gasteiger charge is -2.26. The van der Waals surface area contributed by atoms with Crippen molar-refractivity contribution in [2.24, 2.45) is 5.92 Å². The summed E-state index contributed by atoms with van der Waals surface area (Å²) in [6.07, 6.45) is 7.45. The number of aliphatic hydroxyl groups is 1. The molecule has 1 N–H and O–H groups in total. The van der Waals surface area contributed by atoms with Crippen LogP contribution in [0.1, 0.15) is 45.4 Å². The van der Waals surface area contributed by atoms with Crippen LogP contribution in [0.4, 0.5) is 0 Å². The Morgan fingerprint density at radius 2 is 1.88 bits per heavy atom. The van der Waals surface area contributed by atoms with Gasteiger partial charge in [-0.25, -0.2) is 0 Å². The van der Waals surface area contributed by atoms with E-state index in [2.05, 4.69) is 11.8 Å². The standard InChI is InChI=1S/C14H29NO2/c1-2-6-14(13-16)7-4-3-5-8-15-9-11-17-12-10-15/h14,16H,2-13H2,1H3/t14-/m0/s1. The zero-order valence-corrected chi connectivity index (χ0v) is 11.4. The van der Waals surface area contributed by atoms with Crippen LogP contribution in [0.2, 0.25) is 0 Å². The Hall–Kier alpha value is -0.120. The van der Waals surface area contributed by atoms with Gasteiger partial charge in [-0.3, -0.25) is 4.90 Å². The molecule has 1 saturated heterocycles. The molecule has 0 saturated carbocycles. The van der Waals surface area contributed by atoms with Crippen molar-refractivity contribution in [3.8, 4) is 0 Å². The number of hydrogen-bond donors (Lipinski definition) is 1. The van der Waals surface area contributed by atoms with Crippen LogP contribution in [0, 0.1) is 5.92 Å². The SMILES string of the molecule is CCC[C@H](CO)CCCCCN1CCOCC1. The Labute approximate surface area is 106 Å². The molecule has 102 valence electrons. The number of morpholine rings is 1. The monoisotopic (exact) mass is 243 g/mol. The summed E-state index contributed by atoms with van der Waals surface area (Å²) in [6, 6.07) is 0. The van der Waals surface area contributed by atoms with E-state index in [0.717, 1.165) is 26.3 Å². The molecule has 0 bridgehead atoms. The smallest absolute Gasteiger partial charge is 0.0594 e. The van der Waals surface area contributed by atoms with E-state index >= 15 is 0 Å². The van der Waals surface area contributed by atoms with Gasteiger partial charge in [-0.15, -0.1) is 0 Å². The van der Waals surface area contributed by atoms with Crippen LogP contribution in [0.5, 0.6) is 0 Å². The molecule has 1 aliphatic rings. The molecule has 17 heavy (non-hydrogen) atoms. The van der Waals surface area contributed by atoms with Crippen LogP contribution in [-0.4, -0.2) is 49.5 Å². The molecule has 0 aromatic heterocycles. The predicted molar refractivity (Wildman–Crippen MR) is 71.2 cm³/mol. The summed E-state index contributed by atoms with van der Waals surface area (Å²) < 4.78 is 5.33. The summed E-state index contributed by atoms with van der Waals surface area (Å²) >= 11 is 0. The molecule has 0 aromatic rings. The molecular formula is C14H29NO2. The number of unbranched alkanes of at least 4 members (excludes halogenated alkanes) is 2. The van der Waals surface area contributed by atoms with E-state index in [-0.39, 0.29) is 0 Å². The molecule has 0 amide bonds. The number of ether oxygens (including phenoxy) is 1. The minimum Gasteiger partial charge on any atom is -0.396 e. The van der Waals surface area contributed by atoms with Crippen molar-refractivity contribution in [3.63, 3.8) is 0 Å². The van der Waals surface area contributed by atoms with Gasteiger partial charge in [0, 0.05) is 19.7 Å². The van der Waals surface area contributed by atoms with Crippen LogP contribution in [0.25, 0.3) is 0 Å². The molecule has 1 aliphatic heterocycles. The summed E-state index contributed by atoms with van der Waals surface area (Å²) in [4.78, 5) is 2.50. The van der Waals surface area contributed by atoms with Crippen molar-refractivity contribution in [3.05, 3.63) is 0 Å². The first-order valence-electron chi connectivity index (χ1n) is 7.27. The van der Waals surface area contributed by atoms with Gasteiger partial charge < -0.3 is 9.84 Å². The average molecular weight is 243 g/mol. The van der Waals surface area contributed by atoms with E-state index in [9.17, 15) is 5.11 Å². The topological polar surface area (TPSA) is 32.7 Å². The third-order valence-corrected chi connectivity index (χ3v) is 3.65. The lowest BCUT2D eigenvalue weighted by Crippen LogP contribution is -2.36. The van der Waals surface area contributed by atoms with Crippen LogP contribution in [0.15, 0.2) is 0 Å². The first-order valence-corrected chi connectivity index (χ1v) is 7.27. The van der Waals surface area contributed by atoms with E-state index in [1.54, 1.807) is 0 Å². The summed E-state index contributed by atoms with van der Waals surface area (Å²) in [5, 5.41) is 9.20. The minimum absolute atomic E-state index is 0.372. The fraction of sp³-hybridized carbons (Fsp3) is 1.00. The molecule has 0 aliphatic carbocycles. The Bertz CT molecular complexity index is 163. The van der Waals surface area contributed by atoms with Gasteiger partial charge in [-0.05, 0) is 31.7 Å². The predicted octanol–water partition coefficient (Wildman–Crippen LogP) is 2.29. The fourth-order valence-corrected chi connectivity index (χ4v) is 2.51. The van der Waals surface area contributed by atoms with E-state index in [1.807, 2.05) is 0 Å². The fourth-order valence-electron chi connectivity index (χ4n) is 2.51. The van der Waals surface area contributed by atoms with Gasteiger partial charge in [-0.1, -0.05) is 26.2 Å². The van der Waals surface area contributed by atoms with Crippen molar-refractivity contribution < 1.29 is 9.84 Å². The van der Waals surface area contributed by atoms with Crippen molar-refractivity contribution in [2.45, 2.75) is 45.4 Å². The molecule has 1 fully saturated rings. The zero-order chi connectivity index (χ0) is 12.3. The van der Waals surface area contributed by atoms with Crippen LogP contribution in [-0.2, 0) is 4.74 Å². The molecule has 0 spiro atoms. The van der Waals surface area contributed by atoms with E-state index < -0.39 is 0 Å². The molecule has 1 heterocycles. The summed E-state index contributed by atoms with van der Waals surface area (Å²) in [5.41, 5.74) is 0. The maximum absolute atomic E-state index is 9.20. The van der Waals surface area contributed by atoms with Crippen molar-refractivity contribution in [1.82, 2.24) is 4.90 Å². The normalized spacial score (nSPS) is 19.4. The van der Waals surface area contributed by atoms with Gasteiger partial charge >= 0.3 is 0 Å². The summed E-state index contributed by atoms with van der Waals surface area (Å²) in [7, 11) is 0. The second kappa shape index (κ2) is 9.86. The number of rotatable bonds is 9. The maximum Gasteiger partial charge on any atom is 0.0594 e. The number of hydrogen-bond acceptors (Lipinski definition) is 3. The highest BCUT2D eigenvalue weighted by molar-refractivity contribution is 4.62. The molecule has 0 aromatic carbocycles. The lowest BCUT2D eigenvalue weighted by atomic mass is 9.97. The van der Waals surface area contributed by atoms with Crippen LogP contribution >= 0.6 is 0 Å². The van der Waals surface area contributed by atoms with Gasteiger partial charge in [-0.2, -0.15) is 0 Å². The molecule has 1 atom stereocenters. The number of nitrogens with zero attached hydrogens (tertiary/aromatic N) is 1. The van der Waals surface area contributed by atoms with Gasteiger partial charge in [0.2, 0.25) is 0 Å².